The molecule has 0 saturated heterocycles. The lowest BCUT2D eigenvalue weighted by molar-refractivity contribution is 0.379. The molecular formula is C21H29IN4O2S. The van der Waals surface area contributed by atoms with Gasteiger partial charge in [0.1, 0.15) is 0 Å². The van der Waals surface area contributed by atoms with Gasteiger partial charge >= 0.3 is 0 Å². The molecular weight excluding hydrogens is 499 g/mol. The van der Waals surface area contributed by atoms with Gasteiger partial charge in [-0.25, -0.2) is 13.1 Å². The fourth-order valence-electron chi connectivity index (χ4n) is 3.24. The van der Waals surface area contributed by atoms with E-state index in [9.17, 15) is 8.42 Å². The predicted octanol–water partition coefficient (Wildman–Crippen LogP) is 2.75. The van der Waals surface area contributed by atoms with Crippen LogP contribution < -0.4 is 10.0 Å². The molecule has 29 heavy (non-hydrogen) atoms. The van der Waals surface area contributed by atoms with Gasteiger partial charge in [0.15, 0.2) is 5.96 Å². The van der Waals surface area contributed by atoms with Gasteiger partial charge in [-0.2, -0.15) is 0 Å². The lowest BCUT2D eigenvalue weighted by Gasteiger charge is -2.31. The van der Waals surface area contributed by atoms with Crippen molar-refractivity contribution in [1.82, 2.24) is 14.9 Å². The van der Waals surface area contributed by atoms with E-state index in [2.05, 4.69) is 44.2 Å². The van der Waals surface area contributed by atoms with Crippen molar-refractivity contribution in [3.8, 4) is 0 Å². The number of benzene rings is 2. The van der Waals surface area contributed by atoms with Crippen molar-refractivity contribution >= 4 is 40.0 Å². The average molecular weight is 528 g/mol. The highest BCUT2D eigenvalue weighted by Crippen LogP contribution is 2.18. The quantitative estimate of drug-likeness (QED) is 0.330. The Hall–Kier alpha value is -1.65. The molecule has 6 nitrogen and oxygen atoms in total. The van der Waals surface area contributed by atoms with Crippen molar-refractivity contribution in [2.24, 2.45) is 4.99 Å². The van der Waals surface area contributed by atoms with Crippen LogP contribution >= 0.6 is 24.0 Å². The molecule has 0 unspecified atom stereocenters. The molecule has 2 aromatic rings. The molecule has 1 aliphatic rings. The molecule has 2 aromatic carbocycles. The van der Waals surface area contributed by atoms with Crippen LogP contribution in [0.3, 0.4) is 0 Å². The third-order valence-corrected chi connectivity index (χ3v) is 6.03. The van der Waals surface area contributed by atoms with Gasteiger partial charge in [0.25, 0.3) is 0 Å². The van der Waals surface area contributed by atoms with E-state index in [1.165, 1.54) is 11.1 Å². The van der Waals surface area contributed by atoms with E-state index >= 15 is 0 Å². The maximum absolute atomic E-state index is 12.3. The molecule has 2 N–H and O–H groups in total. The fourth-order valence-corrected chi connectivity index (χ4v) is 4.10. The minimum Gasteiger partial charge on any atom is -0.357 e. The third kappa shape index (κ3) is 7.27. The minimum absolute atomic E-state index is 0. The number of halogens is 1. The van der Waals surface area contributed by atoms with Gasteiger partial charge in [-0.3, -0.25) is 4.99 Å². The molecule has 1 heterocycles. The Kier molecular flexibility index (Phi) is 9.38. The van der Waals surface area contributed by atoms with Gasteiger partial charge in [0.2, 0.25) is 10.0 Å². The number of fused-ring (bicyclic) bond motifs is 1. The normalized spacial score (nSPS) is 14.1. The average Bonchev–Trinajstić information content (AvgIpc) is 2.72. The molecule has 0 aliphatic carbocycles. The molecule has 0 amide bonds. The number of nitrogens with zero attached hydrogens (tertiary/aromatic N) is 2. The summed E-state index contributed by atoms with van der Waals surface area (Å²) in [5.74, 6) is 0.745. The van der Waals surface area contributed by atoms with Crippen LogP contribution in [-0.4, -0.2) is 44.7 Å². The minimum atomic E-state index is -3.37. The Balaban J connectivity index is 0.00000300. The predicted molar refractivity (Wildman–Crippen MR) is 129 cm³/mol. The molecule has 0 aromatic heterocycles. The standard InChI is InChI=1S/C21H28N4O2S.HI/c1-2-22-21(25-14-12-19-10-6-7-11-20(19)17-25)23-13-15-28(26,27)24-16-18-8-4-3-5-9-18;/h3-11,24H,2,12-17H2,1H3,(H,22,23);1H. The van der Waals surface area contributed by atoms with E-state index < -0.39 is 10.0 Å². The molecule has 0 fully saturated rings. The molecule has 0 atom stereocenters. The van der Waals surface area contributed by atoms with E-state index in [4.69, 9.17) is 0 Å². The van der Waals surface area contributed by atoms with Gasteiger partial charge in [-0.1, -0.05) is 54.6 Å². The molecule has 0 saturated carbocycles. The van der Waals surface area contributed by atoms with E-state index in [0.29, 0.717) is 6.54 Å². The Labute approximate surface area is 190 Å². The summed E-state index contributed by atoms with van der Waals surface area (Å²) in [6.45, 7) is 4.96. The van der Waals surface area contributed by atoms with Crippen LogP contribution in [0, 0.1) is 0 Å². The van der Waals surface area contributed by atoms with Crippen molar-refractivity contribution in [1.29, 1.82) is 0 Å². The van der Waals surface area contributed by atoms with Crippen LogP contribution in [0.25, 0.3) is 0 Å². The Morgan fingerprint density at radius 2 is 1.76 bits per heavy atom. The van der Waals surface area contributed by atoms with E-state index in [-0.39, 0.29) is 36.3 Å². The second-order valence-electron chi connectivity index (χ2n) is 6.80. The van der Waals surface area contributed by atoms with Crippen LogP contribution in [0.1, 0.15) is 23.6 Å². The second-order valence-corrected chi connectivity index (χ2v) is 8.73. The number of sulfonamides is 1. The molecule has 8 heteroatoms. The first-order valence-corrected chi connectivity index (χ1v) is 11.3. The summed E-state index contributed by atoms with van der Waals surface area (Å²) in [4.78, 5) is 6.75. The second kappa shape index (κ2) is 11.5. The van der Waals surface area contributed by atoms with Crippen molar-refractivity contribution in [2.75, 3.05) is 25.4 Å². The topological polar surface area (TPSA) is 73.8 Å². The van der Waals surface area contributed by atoms with Crippen LogP contribution in [0.4, 0.5) is 0 Å². The van der Waals surface area contributed by atoms with Gasteiger partial charge in [-0.15, -0.1) is 24.0 Å². The van der Waals surface area contributed by atoms with Gasteiger partial charge in [0, 0.05) is 26.2 Å². The summed E-state index contributed by atoms with van der Waals surface area (Å²) in [6, 6.07) is 17.9. The third-order valence-electron chi connectivity index (χ3n) is 4.73. The number of nitrogens with one attached hydrogen (secondary N) is 2. The summed E-state index contributed by atoms with van der Waals surface area (Å²) < 4.78 is 27.2. The highest BCUT2D eigenvalue weighted by Gasteiger charge is 2.19. The van der Waals surface area contributed by atoms with Crippen LogP contribution in [-0.2, 0) is 29.5 Å². The molecule has 0 bridgehead atoms. The maximum Gasteiger partial charge on any atom is 0.213 e. The van der Waals surface area contributed by atoms with Crippen molar-refractivity contribution in [3.05, 3.63) is 71.3 Å². The molecule has 3 rings (SSSR count). The number of hydrogen-bond donors (Lipinski definition) is 2. The van der Waals surface area contributed by atoms with Crippen molar-refractivity contribution in [3.63, 3.8) is 0 Å². The summed E-state index contributed by atoms with van der Waals surface area (Å²) in [5.41, 5.74) is 3.62. The van der Waals surface area contributed by atoms with E-state index in [1.807, 2.05) is 37.3 Å². The zero-order valence-electron chi connectivity index (χ0n) is 16.7. The number of rotatable bonds is 7. The van der Waals surface area contributed by atoms with Crippen LogP contribution in [0.15, 0.2) is 59.6 Å². The monoisotopic (exact) mass is 528 g/mol. The first-order chi connectivity index (χ1) is 13.6. The van der Waals surface area contributed by atoms with E-state index in [0.717, 1.165) is 37.6 Å². The largest absolute Gasteiger partial charge is 0.357 e. The zero-order chi connectivity index (χ0) is 19.8. The smallest absolute Gasteiger partial charge is 0.213 e. The van der Waals surface area contributed by atoms with Gasteiger partial charge in [0.05, 0.1) is 12.3 Å². The van der Waals surface area contributed by atoms with Gasteiger partial charge in [-0.05, 0) is 30.0 Å². The SMILES string of the molecule is CCNC(=NCCS(=O)(=O)NCc1ccccc1)N1CCc2ccccc2C1.I. The van der Waals surface area contributed by atoms with Gasteiger partial charge < -0.3 is 10.2 Å². The molecule has 158 valence electrons. The number of guanidine groups is 1. The summed E-state index contributed by atoms with van der Waals surface area (Å²) in [5, 5.41) is 3.29. The summed E-state index contributed by atoms with van der Waals surface area (Å²) in [6.07, 6.45) is 0.970. The number of aliphatic imine (C=N–C) groups is 1. The lowest BCUT2D eigenvalue weighted by atomic mass is 10.0. The van der Waals surface area contributed by atoms with Crippen molar-refractivity contribution < 1.29 is 8.42 Å². The zero-order valence-corrected chi connectivity index (χ0v) is 19.8. The highest BCUT2D eigenvalue weighted by atomic mass is 127. The number of hydrogen-bond acceptors (Lipinski definition) is 3. The lowest BCUT2D eigenvalue weighted by Crippen LogP contribution is -2.44. The molecule has 0 spiro atoms. The van der Waals surface area contributed by atoms with Crippen molar-refractivity contribution in [2.45, 2.75) is 26.4 Å². The summed E-state index contributed by atoms with van der Waals surface area (Å²) >= 11 is 0. The first kappa shape index (κ1) is 23.6. The maximum atomic E-state index is 12.3. The van der Waals surface area contributed by atoms with Crippen LogP contribution in [0.5, 0.6) is 0 Å². The molecule has 1 aliphatic heterocycles. The van der Waals surface area contributed by atoms with E-state index in [1.54, 1.807) is 0 Å². The molecule has 0 radical (unpaired) electrons. The first-order valence-electron chi connectivity index (χ1n) is 9.68. The van der Waals surface area contributed by atoms with Crippen LogP contribution in [0.2, 0.25) is 0 Å². The Morgan fingerprint density at radius 1 is 1.07 bits per heavy atom. The Morgan fingerprint density at radius 3 is 2.48 bits per heavy atom. The highest BCUT2D eigenvalue weighted by molar-refractivity contribution is 14.0. The summed E-state index contributed by atoms with van der Waals surface area (Å²) in [7, 11) is -3.37. The Bertz CT molecular complexity index is 904. The fraction of sp³-hybridized carbons (Fsp3) is 0.381.